The highest BCUT2D eigenvalue weighted by molar-refractivity contribution is 5.81. The minimum Gasteiger partial charge on any atom is -0.351 e. The van der Waals surface area contributed by atoms with Gasteiger partial charge in [-0.3, -0.25) is 4.79 Å². The van der Waals surface area contributed by atoms with Gasteiger partial charge in [-0.2, -0.15) is 0 Å². The molecule has 1 amide bonds. The molecule has 0 radical (unpaired) electrons. The fraction of sp³-hybridized carbons (Fsp3) is 0.500. The van der Waals surface area contributed by atoms with E-state index in [0.29, 0.717) is 5.92 Å². The topological polar surface area (TPSA) is 55.1 Å². The minimum atomic E-state index is -0.424. The highest BCUT2D eigenvalue weighted by Gasteiger charge is 2.30. The molecule has 92 valence electrons. The van der Waals surface area contributed by atoms with E-state index >= 15 is 0 Å². The number of amides is 1. The SMILES string of the molecule is C[C@@H](N)C(=O)NC1CCCC1c1ccccc1. The van der Waals surface area contributed by atoms with Gasteiger partial charge in [-0.05, 0) is 25.3 Å². The predicted octanol–water partition coefficient (Wildman–Crippen LogP) is 1.79. The summed E-state index contributed by atoms with van der Waals surface area (Å²) in [5.41, 5.74) is 6.91. The number of nitrogens with one attached hydrogen (secondary N) is 1. The third-order valence-electron chi connectivity index (χ3n) is 3.48. The van der Waals surface area contributed by atoms with E-state index in [4.69, 9.17) is 5.73 Å². The highest BCUT2D eigenvalue weighted by Crippen LogP contribution is 2.34. The summed E-state index contributed by atoms with van der Waals surface area (Å²) in [7, 11) is 0. The molecule has 2 rings (SSSR count). The summed E-state index contributed by atoms with van der Waals surface area (Å²) in [6, 6.07) is 10.2. The minimum absolute atomic E-state index is 0.0437. The number of hydrogen-bond donors (Lipinski definition) is 2. The molecule has 3 nitrogen and oxygen atoms in total. The van der Waals surface area contributed by atoms with E-state index in [1.807, 2.05) is 6.07 Å². The van der Waals surface area contributed by atoms with Gasteiger partial charge in [0.05, 0.1) is 6.04 Å². The first kappa shape index (κ1) is 12.1. The van der Waals surface area contributed by atoms with Crippen molar-refractivity contribution in [2.45, 2.75) is 44.2 Å². The van der Waals surface area contributed by atoms with Crippen molar-refractivity contribution >= 4 is 5.91 Å². The second-order valence-electron chi connectivity index (χ2n) is 4.85. The van der Waals surface area contributed by atoms with Gasteiger partial charge < -0.3 is 11.1 Å². The van der Waals surface area contributed by atoms with E-state index in [-0.39, 0.29) is 11.9 Å². The second-order valence-corrected chi connectivity index (χ2v) is 4.85. The zero-order chi connectivity index (χ0) is 12.3. The van der Waals surface area contributed by atoms with Crippen LogP contribution in [0.15, 0.2) is 30.3 Å². The third-order valence-corrected chi connectivity index (χ3v) is 3.48. The molecule has 3 atom stereocenters. The van der Waals surface area contributed by atoms with Gasteiger partial charge in [0.2, 0.25) is 5.91 Å². The lowest BCUT2D eigenvalue weighted by atomic mass is 9.94. The van der Waals surface area contributed by atoms with Crippen LogP contribution in [0.3, 0.4) is 0 Å². The van der Waals surface area contributed by atoms with Crippen LogP contribution in [-0.2, 0) is 4.79 Å². The normalized spacial score (nSPS) is 25.5. The van der Waals surface area contributed by atoms with Gasteiger partial charge in [0.1, 0.15) is 0 Å². The molecular weight excluding hydrogens is 212 g/mol. The van der Waals surface area contributed by atoms with Gasteiger partial charge in [-0.15, -0.1) is 0 Å². The average molecular weight is 232 g/mol. The molecule has 1 aliphatic carbocycles. The molecule has 0 aromatic heterocycles. The van der Waals surface area contributed by atoms with Crippen LogP contribution in [0, 0.1) is 0 Å². The molecule has 0 spiro atoms. The van der Waals surface area contributed by atoms with Crippen molar-refractivity contribution in [1.82, 2.24) is 5.32 Å². The van der Waals surface area contributed by atoms with Crippen LogP contribution in [-0.4, -0.2) is 18.0 Å². The van der Waals surface area contributed by atoms with Crippen LogP contribution >= 0.6 is 0 Å². The number of rotatable bonds is 3. The molecule has 3 heteroatoms. The quantitative estimate of drug-likeness (QED) is 0.834. The Hall–Kier alpha value is -1.35. The summed E-state index contributed by atoms with van der Waals surface area (Å²) in [5, 5.41) is 3.06. The number of nitrogens with two attached hydrogens (primary N) is 1. The van der Waals surface area contributed by atoms with E-state index in [0.717, 1.165) is 12.8 Å². The molecule has 1 aliphatic rings. The Labute approximate surface area is 102 Å². The molecule has 17 heavy (non-hydrogen) atoms. The predicted molar refractivity (Wildman–Crippen MR) is 68.6 cm³/mol. The van der Waals surface area contributed by atoms with Gasteiger partial charge in [0.25, 0.3) is 0 Å². The zero-order valence-corrected chi connectivity index (χ0v) is 10.2. The Kier molecular flexibility index (Phi) is 3.79. The average Bonchev–Trinajstić information content (AvgIpc) is 2.78. The summed E-state index contributed by atoms with van der Waals surface area (Å²) >= 11 is 0. The Balaban J connectivity index is 2.05. The highest BCUT2D eigenvalue weighted by atomic mass is 16.2. The van der Waals surface area contributed by atoms with Gasteiger partial charge in [0.15, 0.2) is 0 Å². The van der Waals surface area contributed by atoms with Crippen molar-refractivity contribution in [3.63, 3.8) is 0 Å². The van der Waals surface area contributed by atoms with E-state index in [2.05, 4.69) is 29.6 Å². The molecule has 2 unspecified atom stereocenters. The Morgan fingerprint density at radius 3 is 2.71 bits per heavy atom. The molecule has 1 saturated carbocycles. The van der Waals surface area contributed by atoms with Crippen LogP contribution < -0.4 is 11.1 Å². The molecular formula is C14H20N2O. The van der Waals surface area contributed by atoms with Gasteiger partial charge in [-0.25, -0.2) is 0 Å². The Morgan fingerprint density at radius 1 is 1.35 bits per heavy atom. The number of hydrogen-bond acceptors (Lipinski definition) is 2. The lowest BCUT2D eigenvalue weighted by Gasteiger charge is -2.22. The van der Waals surface area contributed by atoms with Crippen molar-refractivity contribution in [2.24, 2.45) is 5.73 Å². The molecule has 0 heterocycles. The Morgan fingerprint density at radius 2 is 2.06 bits per heavy atom. The fourth-order valence-corrected chi connectivity index (χ4v) is 2.55. The maximum absolute atomic E-state index is 11.6. The summed E-state index contributed by atoms with van der Waals surface area (Å²) in [6.07, 6.45) is 3.37. The first-order chi connectivity index (χ1) is 8.18. The smallest absolute Gasteiger partial charge is 0.236 e. The molecule has 0 aliphatic heterocycles. The van der Waals surface area contributed by atoms with Gasteiger partial charge in [0, 0.05) is 12.0 Å². The first-order valence-corrected chi connectivity index (χ1v) is 6.29. The van der Waals surface area contributed by atoms with Crippen LogP contribution in [0.4, 0.5) is 0 Å². The molecule has 0 saturated heterocycles. The Bertz CT molecular complexity index is 375. The van der Waals surface area contributed by atoms with Crippen LogP contribution in [0.1, 0.15) is 37.7 Å². The molecule has 1 aromatic rings. The molecule has 3 N–H and O–H groups in total. The summed E-state index contributed by atoms with van der Waals surface area (Å²) in [6.45, 7) is 1.72. The second kappa shape index (κ2) is 5.32. The largest absolute Gasteiger partial charge is 0.351 e. The van der Waals surface area contributed by atoms with Crippen molar-refractivity contribution in [3.05, 3.63) is 35.9 Å². The van der Waals surface area contributed by atoms with Gasteiger partial charge >= 0.3 is 0 Å². The van der Waals surface area contributed by atoms with Gasteiger partial charge in [-0.1, -0.05) is 36.8 Å². The van der Waals surface area contributed by atoms with Crippen LogP contribution in [0.25, 0.3) is 0 Å². The van der Waals surface area contributed by atoms with E-state index in [1.165, 1.54) is 12.0 Å². The summed E-state index contributed by atoms with van der Waals surface area (Å²) in [4.78, 5) is 11.6. The molecule has 1 aromatic carbocycles. The fourth-order valence-electron chi connectivity index (χ4n) is 2.55. The maximum atomic E-state index is 11.6. The monoisotopic (exact) mass is 232 g/mol. The zero-order valence-electron chi connectivity index (χ0n) is 10.2. The molecule has 0 bridgehead atoms. The van der Waals surface area contributed by atoms with Crippen LogP contribution in [0.2, 0.25) is 0 Å². The first-order valence-electron chi connectivity index (χ1n) is 6.29. The summed E-state index contributed by atoms with van der Waals surface area (Å²) < 4.78 is 0. The number of carbonyl (C=O) groups is 1. The lowest BCUT2D eigenvalue weighted by Crippen LogP contribution is -2.44. The number of carbonyl (C=O) groups excluding carboxylic acids is 1. The van der Waals surface area contributed by atoms with Crippen LogP contribution in [0.5, 0.6) is 0 Å². The van der Waals surface area contributed by atoms with Crippen molar-refractivity contribution in [1.29, 1.82) is 0 Å². The standard InChI is InChI=1S/C14H20N2O/c1-10(15)14(17)16-13-9-5-8-12(13)11-6-3-2-4-7-11/h2-4,6-7,10,12-13H,5,8-9,15H2,1H3,(H,16,17)/t10-,12?,13?/m1/s1. The third kappa shape index (κ3) is 2.86. The maximum Gasteiger partial charge on any atom is 0.236 e. The van der Waals surface area contributed by atoms with E-state index in [9.17, 15) is 4.79 Å². The molecule has 1 fully saturated rings. The summed E-state index contributed by atoms with van der Waals surface area (Å²) in [5.74, 6) is 0.400. The van der Waals surface area contributed by atoms with E-state index < -0.39 is 6.04 Å². The van der Waals surface area contributed by atoms with E-state index in [1.54, 1.807) is 6.92 Å². The van der Waals surface area contributed by atoms with Crippen molar-refractivity contribution < 1.29 is 4.79 Å². The number of benzene rings is 1. The lowest BCUT2D eigenvalue weighted by molar-refractivity contribution is -0.122. The van der Waals surface area contributed by atoms with Crippen molar-refractivity contribution in [3.8, 4) is 0 Å². The van der Waals surface area contributed by atoms with Crippen molar-refractivity contribution in [2.75, 3.05) is 0 Å².